The molecule has 0 atom stereocenters. The molecular weight excluding hydrogens is 200 g/mol. The summed E-state index contributed by atoms with van der Waals surface area (Å²) in [7, 11) is 1.86. The molecule has 2 N–H and O–H groups in total. The minimum atomic E-state index is 0.165. The summed E-state index contributed by atoms with van der Waals surface area (Å²) in [6.07, 6.45) is 2.63. The minimum Gasteiger partial charge on any atom is -0.399 e. The van der Waals surface area contributed by atoms with Gasteiger partial charge in [0.1, 0.15) is 0 Å². The Hall–Kier alpha value is -1.51. The van der Waals surface area contributed by atoms with Crippen molar-refractivity contribution in [3.05, 3.63) is 29.8 Å². The predicted molar refractivity (Wildman–Crippen MR) is 67.1 cm³/mol. The van der Waals surface area contributed by atoms with Gasteiger partial charge in [0.25, 0.3) is 0 Å². The third-order valence-electron chi connectivity index (χ3n) is 2.61. The number of unbranched alkanes of at least 4 members (excludes halogenated alkanes) is 1. The maximum atomic E-state index is 11.8. The Bertz CT molecular complexity index is 332. The third kappa shape index (κ3) is 3.93. The molecule has 0 unspecified atom stereocenters. The molecule has 0 saturated carbocycles. The van der Waals surface area contributed by atoms with Crippen LogP contribution in [0.4, 0.5) is 5.69 Å². The van der Waals surface area contributed by atoms with Crippen LogP contribution in [-0.2, 0) is 11.2 Å². The Morgan fingerprint density at radius 1 is 1.31 bits per heavy atom. The molecule has 0 aromatic heterocycles. The Morgan fingerprint density at radius 3 is 2.50 bits per heavy atom. The number of hydrogen-bond donors (Lipinski definition) is 1. The lowest BCUT2D eigenvalue weighted by Gasteiger charge is -2.16. The van der Waals surface area contributed by atoms with E-state index in [0.717, 1.165) is 30.6 Å². The Balaban J connectivity index is 2.47. The molecule has 0 bridgehead atoms. The number of carbonyl (C=O) groups is 1. The van der Waals surface area contributed by atoms with Crippen LogP contribution in [0.5, 0.6) is 0 Å². The zero-order valence-electron chi connectivity index (χ0n) is 10.1. The number of hydrogen-bond acceptors (Lipinski definition) is 2. The Labute approximate surface area is 97.2 Å². The minimum absolute atomic E-state index is 0.165. The van der Waals surface area contributed by atoms with Gasteiger partial charge < -0.3 is 10.6 Å². The molecule has 0 fully saturated rings. The maximum absolute atomic E-state index is 11.8. The molecule has 16 heavy (non-hydrogen) atoms. The molecule has 0 aliphatic rings. The van der Waals surface area contributed by atoms with Crippen LogP contribution < -0.4 is 5.73 Å². The van der Waals surface area contributed by atoms with Gasteiger partial charge in [-0.05, 0) is 24.1 Å². The lowest BCUT2D eigenvalue weighted by Crippen LogP contribution is -2.29. The van der Waals surface area contributed by atoms with Crippen LogP contribution in [0.1, 0.15) is 25.3 Å². The number of likely N-dealkylation sites (N-methyl/N-ethyl adjacent to an activating group) is 1. The van der Waals surface area contributed by atoms with Crippen LogP contribution in [0.25, 0.3) is 0 Å². The zero-order chi connectivity index (χ0) is 12.0. The van der Waals surface area contributed by atoms with Crippen molar-refractivity contribution in [1.82, 2.24) is 4.90 Å². The van der Waals surface area contributed by atoms with Gasteiger partial charge in [-0.15, -0.1) is 0 Å². The zero-order valence-corrected chi connectivity index (χ0v) is 10.1. The van der Waals surface area contributed by atoms with Crippen molar-refractivity contribution in [2.75, 3.05) is 19.3 Å². The summed E-state index contributed by atoms with van der Waals surface area (Å²) >= 11 is 0. The summed E-state index contributed by atoms with van der Waals surface area (Å²) in [5, 5.41) is 0. The molecule has 1 rings (SSSR count). The maximum Gasteiger partial charge on any atom is 0.226 e. The van der Waals surface area contributed by atoms with E-state index in [1.54, 1.807) is 4.90 Å². The highest BCUT2D eigenvalue weighted by Crippen LogP contribution is 2.07. The van der Waals surface area contributed by atoms with Gasteiger partial charge in [0.2, 0.25) is 5.91 Å². The molecule has 3 nitrogen and oxygen atoms in total. The van der Waals surface area contributed by atoms with Crippen molar-refractivity contribution in [3.8, 4) is 0 Å². The van der Waals surface area contributed by atoms with Gasteiger partial charge in [0.15, 0.2) is 0 Å². The highest BCUT2D eigenvalue weighted by Gasteiger charge is 2.08. The van der Waals surface area contributed by atoms with Crippen molar-refractivity contribution in [3.63, 3.8) is 0 Å². The first-order valence-electron chi connectivity index (χ1n) is 5.72. The lowest BCUT2D eigenvalue weighted by molar-refractivity contribution is -0.129. The number of benzene rings is 1. The van der Waals surface area contributed by atoms with E-state index in [1.165, 1.54) is 0 Å². The molecule has 88 valence electrons. The van der Waals surface area contributed by atoms with E-state index < -0.39 is 0 Å². The van der Waals surface area contributed by atoms with Crippen molar-refractivity contribution in [2.24, 2.45) is 0 Å². The van der Waals surface area contributed by atoms with E-state index in [4.69, 9.17) is 5.73 Å². The van der Waals surface area contributed by atoms with Crippen molar-refractivity contribution in [1.29, 1.82) is 0 Å². The normalized spacial score (nSPS) is 10.1. The van der Waals surface area contributed by atoms with Crippen molar-refractivity contribution < 1.29 is 4.79 Å². The highest BCUT2D eigenvalue weighted by molar-refractivity contribution is 5.78. The smallest absolute Gasteiger partial charge is 0.226 e. The molecule has 1 aromatic rings. The van der Waals surface area contributed by atoms with Gasteiger partial charge in [-0.3, -0.25) is 4.79 Å². The van der Waals surface area contributed by atoms with Crippen LogP contribution in [0.15, 0.2) is 24.3 Å². The van der Waals surface area contributed by atoms with Gasteiger partial charge in [-0.2, -0.15) is 0 Å². The van der Waals surface area contributed by atoms with Crippen LogP contribution in [-0.4, -0.2) is 24.4 Å². The average Bonchev–Trinajstić information content (AvgIpc) is 2.29. The standard InChI is InChI=1S/C13H20N2O/c1-3-4-9-15(2)13(16)10-11-5-7-12(14)8-6-11/h5-8H,3-4,9-10,14H2,1-2H3. The second kappa shape index (κ2) is 6.16. The lowest BCUT2D eigenvalue weighted by atomic mass is 10.1. The summed E-state index contributed by atoms with van der Waals surface area (Å²) in [5.74, 6) is 0.165. The fourth-order valence-corrected chi connectivity index (χ4v) is 1.47. The molecule has 1 amide bonds. The number of nitrogens with two attached hydrogens (primary N) is 1. The van der Waals surface area contributed by atoms with Gasteiger partial charge in [-0.1, -0.05) is 25.5 Å². The first kappa shape index (κ1) is 12.6. The second-order valence-corrected chi connectivity index (χ2v) is 4.09. The molecular formula is C13H20N2O. The second-order valence-electron chi connectivity index (χ2n) is 4.09. The number of amides is 1. The van der Waals surface area contributed by atoms with Gasteiger partial charge in [0, 0.05) is 19.3 Å². The average molecular weight is 220 g/mol. The highest BCUT2D eigenvalue weighted by atomic mass is 16.2. The van der Waals surface area contributed by atoms with E-state index in [-0.39, 0.29) is 5.91 Å². The monoisotopic (exact) mass is 220 g/mol. The molecule has 0 aliphatic carbocycles. The van der Waals surface area contributed by atoms with E-state index >= 15 is 0 Å². The Kier molecular flexibility index (Phi) is 4.83. The number of nitrogens with zero attached hydrogens (tertiary/aromatic N) is 1. The van der Waals surface area contributed by atoms with Crippen molar-refractivity contribution >= 4 is 11.6 Å². The first-order valence-corrected chi connectivity index (χ1v) is 5.72. The van der Waals surface area contributed by atoms with Gasteiger partial charge in [-0.25, -0.2) is 0 Å². The SMILES string of the molecule is CCCCN(C)C(=O)Cc1ccc(N)cc1. The topological polar surface area (TPSA) is 46.3 Å². The van der Waals surface area contributed by atoms with E-state index in [9.17, 15) is 4.79 Å². The fraction of sp³-hybridized carbons (Fsp3) is 0.462. The molecule has 0 spiro atoms. The van der Waals surface area contributed by atoms with Crippen LogP contribution in [0.2, 0.25) is 0 Å². The fourth-order valence-electron chi connectivity index (χ4n) is 1.47. The number of nitrogen functional groups attached to an aromatic ring is 1. The quantitative estimate of drug-likeness (QED) is 0.772. The van der Waals surface area contributed by atoms with E-state index in [1.807, 2.05) is 31.3 Å². The Morgan fingerprint density at radius 2 is 1.94 bits per heavy atom. The first-order chi connectivity index (χ1) is 7.63. The van der Waals surface area contributed by atoms with Crippen molar-refractivity contribution in [2.45, 2.75) is 26.2 Å². The third-order valence-corrected chi connectivity index (χ3v) is 2.61. The largest absolute Gasteiger partial charge is 0.399 e. The molecule has 1 aromatic carbocycles. The summed E-state index contributed by atoms with van der Waals surface area (Å²) in [5.41, 5.74) is 7.34. The molecule has 0 radical (unpaired) electrons. The van der Waals surface area contributed by atoms with Gasteiger partial charge >= 0.3 is 0 Å². The van der Waals surface area contributed by atoms with E-state index in [0.29, 0.717) is 6.42 Å². The number of carbonyl (C=O) groups excluding carboxylic acids is 1. The van der Waals surface area contributed by atoms with E-state index in [2.05, 4.69) is 6.92 Å². The predicted octanol–water partition coefficient (Wildman–Crippen LogP) is 2.07. The number of rotatable bonds is 5. The van der Waals surface area contributed by atoms with Crippen LogP contribution >= 0.6 is 0 Å². The summed E-state index contributed by atoms with van der Waals surface area (Å²) in [6, 6.07) is 7.46. The van der Waals surface area contributed by atoms with Gasteiger partial charge in [0.05, 0.1) is 6.42 Å². The summed E-state index contributed by atoms with van der Waals surface area (Å²) in [4.78, 5) is 13.6. The molecule has 0 heterocycles. The summed E-state index contributed by atoms with van der Waals surface area (Å²) in [6.45, 7) is 2.96. The molecule has 0 saturated heterocycles. The molecule has 3 heteroatoms. The van der Waals surface area contributed by atoms with Crippen LogP contribution in [0, 0.1) is 0 Å². The summed E-state index contributed by atoms with van der Waals surface area (Å²) < 4.78 is 0. The van der Waals surface area contributed by atoms with Crippen LogP contribution in [0.3, 0.4) is 0 Å². The molecule has 0 aliphatic heterocycles. The number of anilines is 1.